The standard InChI is InChI=1S/C16H18N4O2S/c1-16(2,3)9-4-5-11-10(6-9)20-13(22-11)8-18-14(21)12-7-19-15(17)23-12/h4-7H,8H2,1-3H3,(H2,17,19)(H,18,21). The van der Waals surface area contributed by atoms with E-state index in [4.69, 9.17) is 10.2 Å². The van der Waals surface area contributed by atoms with Crippen LogP contribution in [-0.4, -0.2) is 15.9 Å². The second-order valence-electron chi connectivity index (χ2n) is 6.29. The van der Waals surface area contributed by atoms with Gasteiger partial charge in [-0.15, -0.1) is 0 Å². The number of anilines is 1. The average molecular weight is 330 g/mol. The van der Waals surface area contributed by atoms with Crippen molar-refractivity contribution in [1.82, 2.24) is 15.3 Å². The van der Waals surface area contributed by atoms with E-state index in [0.29, 0.717) is 21.5 Å². The van der Waals surface area contributed by atoms with Crippen molar-refractivity contribution in [2.75, 3.05) is 5.73 Å². The maximum atomic E-state index is 12.0. The molecule has 0 aliphatic carbocycles. The molecule has 3 aromatic rings. The second kappa shape index (κ2) is 5.66. The van der Waals surface area contributed by atoms with Gasteiger partial charge in [-0.1, -0.05) is 38.2 Å². The third-order valence-corrected chi connectivity index (χ3v) is 4.27. The van der Waals surface area contributed by atoms with Gasteiger partial charge in [0, 0.05) is 0 Å². The molecule has 7 heteroatoms. The van der Waals surface area contributed by atoms with E-state index in [-0.39, 0.29) is 17.9 Å². The Morgan fingerprint density at radius 2 is 2.17 bits per heavy atom. The van der Waals surface area contributed by atoms with Crippen LogP contribution in [0.1, 0.15) is 41.9 Å². The summed E-state index contributed by atoms with van der Waals surface area (Å²) in [6, 6.07) is 5.97. The van der Waals surface area contributed by atoms with Crippen LogP contribution in [0.15, 0.2) is 28.8 Å². The Hall–Kier alpha value is -2.41. The minimum atomic E-state index is -0.239. The van der Waals surface area contributed by atoms with Crippen molar-refractivity contribution in [3.8, 4) is 0 Å². The van der Waals surface area contributed by atoms with Gasteiger partial charge in [-0.05, 0) is 23.1 Å². The molecular formula is C16H18N4O2S. The van der Waals surface area contributed by atoms with Crippen molar-refractivity contribution in [1.29, 1.82) is 0 Å². The monoisotopic (exact) mass is 330 g/mol. The fourth-order valence-corrected chi connectivity index (χ4v) is 2.75. The maximum Gasteiger partial charge on any atom is 0.263 e. The summed E-state index contributed by atoms with van der Waals surface area (Å²) in [5.74, 6) is 0.230. The maximum absolute atomic E-state index is 12.0. The Bertz CT molecular complexity index is 860. The van der Waals surface area contributed by atoms with Crippen molar-refractivity contribution in [3.63, 3.8) is 0 Å². The van der Waals surface area contributed by atoms with Gasteiger partial charge in [-0.25, -0.2) is 9.97 Å². The number of oxazole rings is 1. The summed E-state index contributed by atoms with van der Waals surface area (Å²) in [4.78, 5) is 20.7. The third kappa shape index (κ3) is 3.34. The summed E-state index contributed by atoms with van der Waals surface area (Å²) in [5.41, 5.74) is 8.27. The number of hydrogen-bond donors (Lipinski definition) is 2. The summed E-state index contributed by atoms with van der Waals surface area (Å²) < 4.78 is 5.66. The van der Waals surface area contributed by atoms with E-state index in [1.165, 1.54) is 11.8 Å². The van der Waals surface area contributed by atoms with Crippen molar-refractivity contribution >= 4 is 33.5 Å². The predicted molar refractivity (Wildman–Crippen MR) is 90.4 cm³/mol. The van der Waals surface area contributed by atoms with Crippen molar-refractivity contribution in [2.45, 2.75) is 32.7 Å². The van der Waals surface area contributed by atoms with E-state index in [1.807, 2.05) is 18.2 Å². The average Bonchev–Trinajstić information content (AvgIpc) is 3.08. The molecule has 2 heterocycles. The molecule has 0 unspecified atom stereocenters. The van der Waals surface area contributed by atoms with Gasteiger partial charge in [0.2, 0.25) is 5.89 Å². The van der Waals surface area contributed by atoms with Crippen molar-refractivity contribution in [2.24, 2.45) is 0 Å². The largest absolute Gasteiger partial charge is 0.439 e. The van der Waals surface area contributed by atoms with Crippen LogP contribution in [-0.2, 0) is 12.0 Å². The molecule has 6 nitrogen and oxygen atoms in total. The van der Waals surface area contributed by atoms with Crippen molar-refractivity contribution in [3.05, 3.63) is 40.7 Å². The Balaban J connectivity index is 1.75. The molecule has 0 fully saturated rings. The van der Waals surface area contributed by atoms with Crippen LogP contribution in [0.25, 0.3) is 11.1 Å². The minimum Gasteiger partial charge on any atom is -0.439 e. The highest BCUT2D eigenvalue weighted by Crippen LogP contribution is 2.26. The van der Waals surface area contributed by atoms with Gasteiger partial charge in [-0.2, -0.15) is 0 Å². The Morgan fingerprint density at radius 1 is 1.39 bits per heavy atom. The van der Waals surface area contributed by atoms with E-state index < -0.39 is 0 Å². The van der Waals surface area contributed by atoms with E-state index in [2.05, 4.69) is 36.1 Å². The Kier molecular flexibility index (Phi) is 3.81. The van der Waals surface area contributed by atoms with Crippen LogP contribution in [0, 0.1) is 0 Å². The number of carbonyl (C=O) groups excluding carboxylic acids is 1. The molecule has 2 aromatic heterocycles. The van der Waals surface area contributed by atoms with Gasteiger partial charge < -0.3 is 15.5 Å². The highest BCUT2D eigenvalue weighted by atomic mass is 32.1. The first-order chi connectivity index (χ1) is 10.8. The molecule has 0 aliphatic heterocycles. The van der Waals surface area contributed by atoms with Crippen LogP contribution < -0.4 is 11.1 Å². The summed E-state index contributed by atoms with van der Waals surface area (Å²) in [7, 11) is 0. The fourth-order valence-electron chi connectivity index (χ4n) is 2.15. The van der Waals surface area contributed by atoms with E-state index in [0.717, 1.165) is 16.9 Å². The number of nitrogen functional groups attached to an aromatic ring is 1. The summed E-state index contributed by atoms with van der Waals surface area (Å²) >= 11 is 1.14. The van der Waals surface area contributed by atoms with E-state index in [1.54, 1.807) is 0 Å². The zero-order valence-electron chi connectivity index (χ0n) is 13.2. The molecule has 120 valence electrons. The number of thiazole rings is 1. The van der Waals surface area contributed by atoms with Gasteiger partial charge in [0.25, 0.3) is 5.91 Å². The first kappa shape index (κ1) is 15.5. The number of rotatable bonds is 3. The molecule has 0 aliphatic rings. The van der Waals surface area contributed by atoms with Gasteiger partial charge >= 0.3 is 0 Å². The van der Waals surface area contributed by atoms with E-state index >= 15 is 0 Å². The van der Waals surface area contributed by atoms with Gasteiger partial charge in [0.05, 0.1) is 12.7 Å². The Labute approximate surface area is 137 Å². The molecule has 0 saturated carbocycles. The highest BCUT2D eigenvalue weighted by molar-refractivity contribution is 7.17. The number of amides is 1. The quantitative estimate of drug-likeness (QED) is 0.769. The lowest BCUT2D eigenvalue weighted by atomic mass is 9.87. The third-order valence-electron chi connectivity index (χ3n) is 3.45. The highest BCUT2D eigenvalue weighted by Gasteiger charge is 2.16. The van der Waals surface area contributed by atoms with Crippen LogP contribution in [0.4, 0.5) is 5.13 Å². The number of fused-ring (bicyclic) bond motifs is 1. The molecule has 0 spiro atoms. The van der Waals surface area contributed by atoms with Crippen molar-refractivity contribution < 1.29 is 9.21 Å². The molecule has 0 saturated heterocycles. The number of nitrogens with zero attached hydrogens (tertiary/aromatic N) is 2. The molecule has 0 bridgehead atoms. The molecule has 0 atom stereocenters. The first-order valence-corrected chi connectivity index (χ1v) is 8.04. The smallest absolute Gasteiger partial charge is 0.263 e. The zero-order valence-corrected chi connectivity index (χ0v) is 14.0. The normalized spacial score (nSPS) is 11.8. The van der Waals surface area contributed by atoms with Gasteiger partial charge in [0.1, 0.15) is 10.4 Å². The summed E-state index contributed by atoms with van der Waals surface area (Å²) in [6.07, 6.45) is 1.46. The number of aromatic nitrogens is 2. The lowest BCUT2D eigenvalue weighted by Gasteiger charge is -2.18. The summed E-state index contributed by atoms with van der Waals surface area (Å²) in [5, 5.41) is 3.12. The number of nitrogens with two attached hydrogens (primary N) is 1. The lowest BCUT2D eigenvalue weighted by molar-refractivity contribution is 0.0951. The number of nitrogens with one attached hydrogen (secondary N) is 1. The lowest BCUT2D eigenvalue weighted by Crippen LogP contribution is -2.21. The number of carbonyl (C=O) groups is 1. The van der Waals surface area contributed by atoms with Crippen LogP contribution in [0.2, 0.25) is 0 Å². The topological polar surface area (TPSA) is 94.0 Å². The SMILES string of the molecule is CC(C)(C)c1ccc2oc(CNC(=O)c3cnc(N)s3)nc2c1. The molecule has 3 rings (SSSR count). The zero-order chi connectivity index (χ0) is 16.6. The summed E-state index contributed by atoms with van der Waals surface area (Å²) in [6.45, 7) is 6.67. The second-order valence-corrected chi connectivity index (χ2v) is 7.35. The number of hydrogen-bond acceptors (Lipinski definition) is 6. The van der Waals surface area contributed by atoms with E-state index in [9.17, 15) is 4.79 Å². The number of benzene rings is 1. The van der Waals surface area contributed by atoms with Crippen LogP contribution in [0.3, 0.4) is 0 Å². The first-order valence-electron chi connectivity index (χ1n) is 7.22. The molecule has 3 N–H and O–H groups in total. The predicted octanol–water partition coefficient (Wildman–Crippen LogP) is 3.09. The molecule has 1 amide bonds. The molecule has 23 heavy (non-hydrogen) atoms. The van der Waals surface area contributed by atoms with Crippen LogP contribution in [0.5, 0.6) is 0 Å². The Morgan fingerprint density at radius 3 is 2.83 bits per heavy atom. The molecular weight excluding hydrogens is 312 g/mol. The molecule has 0 radical (unpaired) electrons. The van der Waals surface area contributed by atoms with Gasteiger partial charge in [-0.3, -0.25) is 4.79 Å². The molecule has 1 aromatic carbocycles. The minimum absolute atomic E-state index is 0.0492. The van der Waals surface area contributed by atoms with Crippen LogP contribution >= 0.6 is 11.3 Å². The fraction of sp³-hybridized carbons (Fsp3) is 0.312. The van der Waals surface area contributed by atoms with Gasteiger partial charge in [0.15, 0.2) is 10.7 Å².